The van der Waals surface area contributed by atoms with Gasteiger partial charge >= 0.3 is 0 Å². The Morgan fingerprint density at radius 3 is 2.20 bits per heavy atom. The molecule has 2 aromatic rings. The summed E-state index contributed by atoms with van der Waals surface area (Å²) in [5.74, 6) is 0.965. The van der Waals surface area contributed by atoms with Crippen molar-refractivity contribution in [2.45, 2.75) is 19.6 Å². The molecular weight excluding hydrogens is 270 g/mol. The van der Waals surface area contributed by atoms with Crippen LogP contribution in [0.1, 0.15) is 18.1 Å². The zero-order chi connectivity index (χ0) is 13.7. The highest BCUT2D eigenvalue weighted by Gasteiger charge is 2.09. The van der Waals surface area contributed by atoms with Gasteiger partial charge in [0, 0.05) is 6.42 Å². The van der Waals surface area contributed by atoms with Gasteiger partial charge in [-0.1, -0.05) is 48.5 Å². The molecule has 1 unspecified atom stereocenters. The Hall–Kier alpha value is -1.51. The van der Waals surface area contributed by atoms with E-state index in [0.29, 0.717) is 0 Å². The topological polar surface area (TPSA) is 12.5 Å². The van der Waals surface area contributed by atoms with Crippen molar-refractivity contribution < 1.29 is 4.74 Å². The molecule has 0 fully saturated rings. The van der Waals surface area contributed by atoms with Crippen molar-refractivity contribution in [1.82, 2.24) is 4.90 Å². The van der Waals surface area contributed by atoms with Crippen molar-refractivity contribution in [3.8, 4) is 5.75 Å². The highest BCUT2D eigenvalue weighted by atomic mass is 35.5. The Morgan fingerprint density at radius 1 is 0.950 bits per heavy atom. The van der Waals surface area contributed by atoms with Crippen LogP contribution in [-0.2, 0) is 6.42 Å². The molecule has 0 heterocycles. The average Bonchev–Trinajstić information content (AvgIpc) is 2.42. The van der Waals surface area contributed by atoms with E-state index < -0.39 is 0 Å². The van der Waals surface area contributed by atoms with Gasteiger partial charge in [0.2, 0.25) is 0 Å². The second-order valence-electron chi connectivity index (χ2n) is 4.95. The summed E-state index contributed by atoms with van der Waals surface area (Å²) in [6, 6.07) is 18.7. The molecule has 0 N–H and O–H groups in total. The van der Waals surface area contributed by atoms with Crippen LogP contribution in [-0.4, -0.2) is 25.2 Å². The van der Waals surface area contributed by atoms with Crippen molar-refractivity contribution in [3.63, 3.8) is 0 Å². The number of hydrogen-bond donors (Lipinski definition) is 0. The van der Waals surface area contributed by atoms with E-state index in [1.165, 1.54) is 11.1 Å². The van der Waals surface area contributed by atoms with Crippen LogP contribution in [0.2, 0.25) is 0 Å². The average molecular weight is 292 g/mol. The molecule has 1 atom stereocenters. The molecule has 0 saturated carbocycles. The van der Waals surface area contributed by atoms with Crippen LogP contribution in [0.15, 0.2) is 54.6 Å². The van der Waals surface area contributed by atoms with Gasteiger partial charge in [0.05, 0.1) is 0 Å². The lowest BCUT2D eigenvalue weighted by atomic mass is 10.0. The molecule has 0 amide bonds. The number of halogens is 1. The largest absolute Gasteiger partial charge is 0.475 e. The van der Waals surface area contributed by atoms with Gasteiger partial charge in [0.25, 0.3) is 0 Å². The number of hydrogen-bond acceptors (Lipinski definition) is 2. The van der Waals surface area contributed by atoms with Gasteiger partial charge in [-0.05, 0) is 38.2 Å². The fourth-order valence-electron chi connectivity index (χ4n) is 1.87. The highest BCUT2D eigenvalue weighted by Crippen LogP contribution is 2.22. The Kier molecular flexibility index (Phi) is 6.56. The third-order valence-corrected chi connectivity index (χ3v) is 3.23. The minimum atomic E-state index is 0. The van der Waals surface area contributed by atoms with E-state index in [2.05, 4.69) is 48.2 Å². The molecule has 0 spiro atoms. The minimum absolute atomic E-state index is 0. The molecule has 2 nitrogen and oxygen atoms in total. The van der Waals surface area contributed by atoms with Gasteiger partial charge in [-0.15, -0.1) is 12.4 Å². The Labute approximate surface area is 127 Å². The summed E-state index contributed by atoms with van der Waals surface area (Å²) in [4.78, 5) is 2.05. The van der Waals surface area contributed by atoms with Crippen molar-refractivity contribution in [1.29, 1.82) is 0 Å². The van der Waals surface area contributed by atoms with Gasteiger partial charge in [-0.25, -0.2) is 0 Å². The van der Waals surface area contributed by atoms with E-state index >= 15 is 0 Å². The van der Waals surface area contributed by atoms with Crippen LogP contribution >= 0.6 is 12.4 Å². The van der Waals surface area contributed by atoms with Crippen molar-refractivity contribution in [2.24, 2.45) is 0 Å². The molecule has 3 heteroatoms. The quantitative estimate of drug-likeness (QED) is 0.773. The maximum atomic E-state index is 6.01. The first-order chi connectivity index (χ1) is 9.16. The van der Waals surface area contributed by atoms with Crippen molar-refractivity contribution in [2.75, 3.05) is 14.1 Å². The maximum Gasteiger partial charge on any atom is 0.149 e. The molecular formula is C17H22ClNO. The van der Waals surface area contributed by atoms with E-state index in [4.69, 9.17) is 4.74 Å². The first-order valence-corrected chi connectivity index (χ1v) is 6.61. The van der Waals surface area contributed by atoms with E-state index in [0.717, 1.165) is 12.2 Å². The van der Waals surface area contributed by atoms with Gasteiger partial charge in [0.15, 0.2) is 0 Å². The molecule has 2 aromatic carbocycles. The maximum absolute atomic E-state index is 6.01. The zero-order valence-electron chi connectivity index (χ0n) is 12.2. The second kappa shape index (κ2) is 7.93. The molecule has 2 rings (SSSR count). The molecule has 0 aliphatic rings. The van der Waals surface area contributed by atoms with Crippen LogP contribution in [0.3, 0.4) is 0 Å². The summed E-state index contributed by atoms with van der Waals surface area (Å²) >= 11 is 0. The van der Waals surface area contributed by atoms with E-state index in [9.17, 15) is 0 Å². The predicted molar refractivity (Wildman–Crippen MR) is 86.7 cm³/mol. The number of benzene rings is 2. The van der Waals surface area contributed by atoms with E-state index in [1.54, 1.807) is 0 Å². The Bertz CT molecular complexity index is 513. The monoisotopic (exact) mass is 291 g/mol. The van der Waals surface area contributed by atoms with Crippen LogP contribution < -0.4 is 4.74 Å². The molecule has 0 saturated heterocycles. The number of para-hydroxylation sites is 1. The predicted octanol–water partition coefficient (Wildman–Crippen LogP) is 3.99. The lowest BCUT2D eigenvalue weighted by molar-refractivity contribution is 0.0806. The summed E-state index contributed by atoms with van der Waals surface area (Å²) in [6.45, 7) is 2.05. The summed E-state index contributed by atoms with van der Waals surface area (Å²) in [6.07, 6.45) is 0.967. The summed E-state index contributed by atoms with van der Waals surface area (Å²) in [5.41, 5.74) is 2.53. The lowest BCUT2D eigenvalue weighted by Crippen LogP contribution is -2.30. The zero-order valence-corrected chi connectivity index (χ0v) is 13.1. The molecule has 0 aromatic heterocycles. The summed E-state index contributed by atoms with van der Waals surface area (Å²) in [7, 11) is 4.04. The first-order valence-electron chi connectivity index (χ1n) is 6.61. The molecule has 0 aliphatic carbocycles. The molecule has 0 aliphatic heterocycles. The highest BCUT2D eigenvalue weighted by molar-refractivity contribution is 5.85. The fraction of sp³-hybridized carbons (Fsp3) is 0.294. The van der Waals surface area contributed by atoms with Gasteiger partial charge < -0.3 is 4.74 Å². The number of ether oxygens (including phenoxy) is 1. The number of rotatable bonds is 5. The Balaban J connectivity index is 0.00000200. The first kappa shape index (κ1) is 16.5. The fourth-order valence-corrected chi connectivity index (χ4v) is 1.87. The third-order valence-electron chi connectivity index (χ3n) is 3.23. The van der Waals surface area contributed by atoms with Crippen LogP contribution in [0, 0.1) is 0 Å². The molecule has 108 valence electrons. The van der Waals surface area contributed by atoms with Gasteiger partial charge in [-0.2, -0.15) is 0 Å². The number of nitrogens with zero attached hydrogens (tertiary/aromatic N) is 1. The van der Waals surface area contributed by atoms with Crippen LogP contribution in [0.5, 0.6) is 5.75 Å². The smallest absolute Gasteiger partial charge is 0.149 e. The van der Waals surface area contributed by atoms with Crippen molar-refractivity contribution >= 4 is 12.4 Å². The normalized spacial score (nSPS) is 11.8. The molecule has 0 bridgehead atoms. The van der Waals surface area contributed by atoms with Gasteiger partial charge in [0.1, 0.15) is 12.0 Å². The Morgan fingerprint density at radius 2 is 1.55 bits per heavy atom. The third kappa shape index (κ3) is 4.55. The van der Waals surface area contributed by atoms with Crippen molar-refractivity contribution in [3.05, 3.63) is 65.7 Å². The molecule has 20 heavy (non-hydrogen) atoms. The minimum Gasteiger partial charge on any atom is -0.475 e. The SMILES string of the molecule is CC(Oc1ccccc1Cc1ccccc1)N(C)C.Cl. The van der Waals surface area contributed by atoms with Crippen LogP contribution in [0.4, 0.5) is 0 Å². The lowest BCUT2D eigenvalue weighted by Gasteiger charge is -2.22. The van der Waals surface area contributed by atoms with E-state index in [1.807, 2.05) is 32.3 Å². The van der Waals surface area contributed by atoms with Gasteiger partial charge in [-0.3, -0.25) is 4.90 Å². The molecule has 0 radical (unpaired) electrons. The summed E-state index contributed by atoms with van der Waals surface area (Å²) < 4.78 is 6.01. The van der Waals surface area contributed by atoms with Crippen LogP contribution in [0.25, 0.3) is 0 Å². The summed E-state index contributed by atoms with van der Waals surface area (Å²) in [5, 5.41) is 0. The second-order valence-corrected chi connectivity index (χ2v) is 4.95. The standard InChI is InChI=1S/C17H21NO.ClH/c1-14(18(2)3)19-17-12-8-7-11-16(17)13-15-9-5-4-6-10-15;/h4-12,14H,13H2,1-3H3;1H. The van der Waals surface area contributed by atoms with E-state index in [-0.39, 0.29) is 18.6 Å².